The Hall–Kier alpha value is -3.74. The van der Waals surface area contributed by atoms with Crippen molar-refractivity contribution in [3.05, 3.63) is 71.5 Å². The Morgan fingerprint density at radius 3 is 2.61 bits per heavy atom. The fourth-order valence-corrected chi connectivity index (χ4v) is 3.96. The summed E-state index contributed by atoms with van der Waals surface area (Å²) in [5, 5.41) is 4.96. The van der Waals surface area contributed by atoms with E-state index in [0.717, 1.165) is 34.3 Å². The highest BCUT2D eigenvalue weighted by atomic mass is 16.5. The highest BCUT2D eigenvalue weighted by Crippen LogP contribution is 2.30. The monoisotopic (exact) mass is 414 g/mol. The molecule has 1 saturated heterocycles. The molecule has 4 aromatic rings. The Balaban J connectivity index is 1.34. The van der Waals surface area contributed by atoms with Crippen LogP contribution in [0.3, 0.4) is 0 Å². The third kappa shape index (κ3) is 3.86. The molecule has 0 N–H and O–H groups in total. The minimum Gasteiger partial charge on any atom is -0.458 e. The molecule has 1 fully saturated rings. The Morgan fingerprint density at radius 2 is 1.84 bits per heavy atom. The van der Waals surface area contributed by atoms with Crippen molar-refractivity contribution in [2.45, 2.75) is 26.4 Å². The zero-order chi connectivity index (χ0) is 21.4. The van der Waals surface area contributed by atoms with Crippen molar-refractivity contribution in [2.75, 3.05) is 13.1 Å². The first-order chi connectivity index (χ1) is 15.1. The molecule has 0 saturated carbocycles. The van der Waals surface area contributed by atoms with Crippen LogP contribution in [0.1, 0.15) is 28.2 Å². The third-order valence-electron chi connectivity index (χ3n) is 5.43. The Labute approximate surface area is 179 Å². The van der Waals surface area contributed by atoms with E-state index in [1.54, 1.807) is 6.07 Å². The first kappa shape index (κ1) is 19.2. The summed E-state index contributed by atoms with van der Waals surface area (Å²) >= 11 is 0. The van der Waals surface area contributed by atoms with Gasteiger partial charge in [-0.3, -0.25) is 4.79 Å². The summed E-state index contributed by atoms with van der Waals surface area (Å²) < 4.78 is 11.5. The number of hydrogen-bond acceptors (Lipinski definition) is 6. The quantitative estimate of drug-likeness (QED) is 0.498. The van der Waals surface area contributed by atoms with E-state index < -0.39 is 0 Å². The van der Waals surface area contributed by atoms with Crippen molar-refractivity contribution in [1.29, 1.82) is 0 Å². The van der Waals surface area contributed by atoms with E-state index in [4.69, 9.17) is 9.26 Å². The normalized spacial score (nSPS) is 16.1. The Bertz CT molecular complexity index is 1230. The van der Waals surface area contributed by atoms with Crippen LogP contribution in [0.2, 0.25) is 0 Å². The van der Waals surface area contributed by atoms with Crippen LogP contribution in [-0.2, 0) is 0 Å². The minimum atomic E-state index is -0.121. The summed E-state index contributed by atoms with van der Waals surface area (Å²) in [5.74, 6) is 0.634. The van der Waals surface area contributed by atoms with Crippen LogP contribution in [0.15, 0.2) is 59.1 Å². The number of carbonyl (C=O) groups is 1. The van der Waals surface area contributed by atoms with E-state index in [9.17, 15) is 4.79 Å². The zero-order valence-corrected chi connectivity index (χ0v) is 17.4. The van der Waals surface area contributed by atoms with Gasteiger partial charge in [-0.25, -0.2) is 9.97 Å². The van der Waals surface area contributed by atoms with Crippen LogP contribution in [-0.4, -0.2) is 45.1 Å². The van der Waals surface area contributed by atoms with Crippen LogP contribution in [0, 0.1) is 13.8 Å². The molecule has 0 unspecified atom stereocenters. The van der Waals surface area contributed by atoms with Gasteiger partial charge < -0.3 is 14.2 Å². The lowest BCUT2D eigenvalue weighted by Gasteiger charge is -2.17. The highest BCUT2D eigenvalue weighted by Gasteiger charge is 2.29. The molecule has 7 nitrogen and oxygen atoms in total. The molecule has 0 aliphatic carbocycles. The summed E-state index contributed by atoms with van der Waals surface area (Å²) in [6, 6.07) is 17.5. The predicted octanol–water partition coefficient (Wildman–Crippen LogP) is 4.20. The van der Waals surface area contributed by atoms with Gasteiger partial charge in [-0.15, -0.1) is 0 Å². The maximum absolute atomic E-state index is 13.2. The second-order valence-corrected chi connectivity index (χ2v) is 7.82. The molecule has 2 aromatic carbocycles. The summed E-state index contributed by atoms with van der Waals surface area (Å²) in [7, 11) is 0. The molecule has 1 amide bonds. The van der Waals surface area contributed by atoms with Crippen LogP contribution in [0.5, 0.6) is 6.01 Å². The van der Waals surface area contributed by atoms with Gasteiger partial charge in [0.05, 0.1) is 11.9 Å². The average Bonchev–Trinajstić information content (AvgIpc) is 3.40. The Kier molecular flexibility index (Phi) is 4.86. The van der Waals surface area contributed by atoms with E-state index in [1.165, 1.54) is 0 Å². The summed E-state index contributed by atoms with van der Waals surface area (Å²) in [6.07, 6.45) is 0.622. The fraction of sp³-hybridized carbons (Fsp3) is 0.250. The number of carbonyl (C=O) groups excluding carboxylic acids is 1. The number of likely N-dealkylation sites (tertiary alicyclic amines) is 1. The van der Waals surface area contributed by atoms with Crippen LogP contribution < -0.4 is 4.74 Å². The van der Waals surface area contributed by atoms with Gasteiger partial charge in [0.1, 0.15) is 11.6 Å². The van der Waals surface area contributed by atoms with Crippen molar-refractivity contribution in [3.8, 4) is 17.3 Å². The molecule has 1 atom stereocenters. The maximum atomic E-state index is 13.2. The lowest BCUT2D eigenvalue weighted by Crippen LogP contribution is -2.31. The van der Waals surface area contributed by atoms with Gasteiger partial charge in [0, 0.05) is 35.5 Å². The smallest absolute Gasteiger partial charge is 0.317 e. The van der Waals surface area contributed by atoms with Gasteiger partial charge in [0.25, 0.3) is 5.91 Å². The third-order valence-corrected chi connectivity index (χ3v) is 5.43. The first-order valence-electron chi connectivity index (χ1n) is 10.3. The van der Waals surface area contributed by atoms with Gasteiger partial charge in [-0.1, -0.05) is 35.5 Å². The largest absolute Gasteiger partial charge is 0.458 e. The molecule has 31 heavy (non-hydrogen) atoms. The number of benzene rings is 2. The standard InChI is InChI=1S/C24H22N4O3/c1-15-12-16(2)26-24(25-15)30-19-10-11-28(14-19)23(29)18-8-9-21-20(13-18)22(31-27-21)17-6-4-3-5-7-17/h3-9,12-13,19H,10-11,14H2,1-2H3/t19-/m1/s1. The number of amides is 1. The highest BCUT2D eigenvalue weighted by molar-refractivity contribution is 6.01. The van der Waals surface area contributed by atoms with Gasteiger partial charge in [0.2, 0.25) is 0 Å². The number of nitrogens with zero attached hydrogens (tertiary/aromatic N) is 4. The Morgan fingerprint density at radius 1 is 1.06 bits per heavy atom. The lowest BCUT2D eigenvalue weighted by atomic mass is 10.1. The van der Waals surface area contributed by atoms with Gasteiger partial charge in [-0.05, 0) is 38.1 Å². The molecule has 1 aliphatic rings. The van der Waals surface area contributed by atoms with Gasteiger partial charge in [0.15, 0.2) is 5.76 Å². The summed E-state index contributed by atoms with van der Waals surface area (Å²) in [5.41, 5.74) is 3.99. The predicted molar refractivity (Wildman–Crippen MR) is 116 cm³/mol. The molecule has 0 bridgehead atoms. The maximum Gasteiger partial charge on any atom is 0.317 e. The fourth-order valence-electron chi connectivity index (χ4n) is 3.96. The molecule has 3 heterocycles. The van der Waals surface area contributed by atoms with Crippen molar-refractivity contribution >= 4 is 16.8 Å². The van der Waals surface area contributed by atoms with E-state index >= 15 is 0 Å². The number of fused-ring (bicyclic) bond motifs is 1. The molecule has 5 rings (SSSR count). The van der Waals surface area contributed by atoms with E-state index in [-0.39, 0.29) is 12.0 Å². The number of hydrogen-bond donors (Lipinski definition) is 0. The number of rotatable bonds is 4. The second kappa shape index (κ2) is 7.83. The minimum absolute atomic E-state index is 0.0328. The summed E-state index contributed by atoms with van der Waals surface area (Å²) in [6.45, 7) is 4.96. The average molecular weight is 414 g/mol. The van der Waals surface area contributed by atoms with E-state index in [1.807, 2.05) is 67.3 Å². The van der Waals surface area contributed by atoms with E-state index in [0.29, 0.717) is 30.4 Å². The van der Waals surface area contributed by atoms with Crippen LogP contribution >= 0.6 is 0 Å². The number of aryl methyl sites for hydroxylation is 2. The summed E-state index contributed by atoms with van der Waals surface area (Å²) in [4.78, 5) is 23.6. The second-order valence-electron chi connectivity index (χ2n) is 7.82. The molecule has 156 valence electrons. The topological polar surface area (TPSA) is 81.4 Å². The lowest BCUT2D eigenvalue weighted by molar-refractivity contribution is 0.0769. The van der Waals surface area contributed by atoms with E-state index in [2.05, 4.69) is 15.1 Å². The van der Waals surface area contributed by atoms with Gasteiger partial charge in [-0.2, -0.15) is 0 Å². The van der Waals surface area contributed by atoms with Crippen LogP contribution in [0.4, 0.5) is 0 Å². The SMILES string of the molecule is Cc1cc(C)nc(O[C@@H]2CCN(C(=O)c3ccc4noc(-c5ccccc5)c4c3)C2)n1. The van der Waals surface area contributed by atoms with Crippen molar-refractivity contribution < 1.29 is 14.1 Å². The van der Waals surface area contributed by atoms with Crippen molar-refractivity contribution in [2.24, 2.45) is 0 Å². The van der Waals surface area contributed by atoms with Crippen molar-refractivity contribution in [3.63, 3.8) is 0 Å². The first-order valence-corrected chi connectivity index (χ1v) is 10.3. The number of ether oxygens (including phenoxy) is 1. The molecular formula is C24H22N4O3. The van der Waals surface area contributed by atoms with Gasteiger partial charge >= 0.3 is 6.01 Å². The van der Waals surface area contributed by atoms with Crippen molar-refractivity contribution in [1.82, 2.24) is 20.0 Å². The number of aromatic nitrogens is 3. The zero-order valence-electron chi connectivity index (χ0n) is 17.4. The molecule has 0 spiro atoms. The molecule has 2 aromatic heterocycles. The molecular weight excluding hydrogens is 392 g/mol. The van der Waals surface area contributed by atoms with Crippen LogP contribution in [0.25, 0.3) is 22.2 Å². The molecule has 7 heteroatoms. The molecule has 0 radical (unpaired) electrons. The molecule has 1 aliphatic heterocycles.